The smallest absolute Gasteiger partial charge is 0.285 e. The minimum Gasteiger partial charge on any atom is -0.328 e. The van der Waals surface area contributed by atoms with Gasteiger partial charge in [-0.1, -0.05) is 38.1 Å². The zero-order valence-electron chi connectivity index (χ0n) is 14.3. The molecule has 2 atom stereocenters. The lowest BCUT2D eigenvalue weighted by Gasteiger charge is -2.17. The molecule has 142 valence electrons. The highest BCUT2D eigenvalue weighted by Gasteiger charge is 2.37. The first-order valence-electron chi connectivity index (χ1n) is 7.69. The van der Waals surface area contributed by atoms with Gasteiger partial charge in [0, 0.05) is 6.54 Å². The van der Waals surface area contributed by atoms with E-state index in [0.29, 0.717) is 11.5 Å². The Hall–Kier alpha value is -1.49. The number of benzene rings is 1. The van der Waals surface area contributed by atoms with Crippen LogP contribution in [0.3, 0.4) is 0 Å². The van der Waals surface area contributed by atoms with Gasteiger partial charge in [0.25, 0.3) is 20.1 Å². The SMILES string of the molecule is CC(C)Cc1ccc([C@@H](C)C(=O)NS(=O)(=O)C(CN)S(=O)(=O)O)cc1. The Morgan fingerprint density at radius 1 is 1.12 bits per heavy atom. The Morgan fingerprint density at radius 2 is 1.64 bits per heavy atom. The molecule has 1 aromatic carbocycles. The molecule has 8 nitrogen and oxygen atoms in total. The molecular formula is C15H24N2O6S2. The molecule has 0 aliphatic heterocycles. The number of amides is 1. The van der Waals surface area contributed by atoms with Crippen molar-refractivity contribution in [2.24, 2.45) is 11.7 Å². The van der Waals surface area contributed by atoms with Crippen LogP contribution in [-0.4, -0.2) is 38.4 Å². The molecule has 0 aromatic heterocycles. The van der Waals surface area contributed by atoms with Crippen LogP contribution in [0, 0.1) is 5.92 Å². The second kappa shape index (κ2) is 8.26. The number of carbonyl (C=O) groups excluding carboxylic acids is 1. The number of hydrogen-bond acceptors (Lipinski definition) is 6. The van der Waals surface area contributed by atoms with Crippen molar-refractivity contribution in [3.05, 3.63) is 35.4 Å². The summed E-state index contributed by atoms with van der Waals surface area (Å²) in [7, 11) is -9.62. The van der Waals surface area contributed by atoms with Gasteiger partial charge in [-0.25, -0.2) is 8.42 Å². The molecule has 1 rings (SSSR count). The van der Waals surface area contributed by atoms with Gasteiger partial charge in [0.15, 0.2) is 0 Å². The predicted molar refractivity (Wildman–Crippen MR) is 94.9 cm³/mol. The van der Waals surface area contributed by atoms with E-state index in [1.807, 2.05) is 12.1 Å². The van der Waals surface area contributed by atoms with E-state index in [9.17, 15) is 21.6 Å². The van der Waals surface area contributed by atoms with E-state index in [1.54, 1.807) is 16.9 Å². The maximum absolute atomic E-state index is 12.2. The molecule has 0 aliphatic carbocycles. The summed E-state index contributed by atoms with van der Waals surface area (Å²) in [6, 6.07) is 7.15. The topological polar surface area (TPSA) is 144 Å². The van der Waals surface area contributed by atoms with E-state index in [-0.39, 0.29) is 0 Å². The van der Waals surface area contributed by atoms with Gasteiger partial charge in [-0.05, 0) is 30.4 Å². The van der Waals surface area contributed by atoms with Gasteiger partial charge in [-0.15, -0.1) is 0 Å². The molecule has 0 heterocycles. The fourth-order valence-electron chi connectivity index (χ4n) is 2.27. The molecule has 0 aliphatic rings. The summed E-state index contributed by atoms with van der Waals surface area (Å²) in [6.07, 6.45) is 0.877. The van der Waals surface area contributed by atoms with Gasteiger partial charge < -0.3 is 5.73 Å². The van der Waals surface area contributed by atoms with E-state index in [2.05, 4.69) is 13.8 Å². The first-order chi connectivity index (χ1) is 11.4. The van der Waals surface area contributed by atoms with Crippen molar-refractivity contribution in [1.82, 2.24) is 4.72 Å². The quantitative estimate of drug-likeness (QED) is 0.550. The van der Waals surface area contributed by atoms with Crippen molar-refractivity contribution in [3.8, 4) is 0 Å². The minimum atomic E-state index is -4.95. The zero-order chi connectivity index (χ0) is 19.4. The Kier molecular flexibility index (Phi) is 7.12. The molecule has 4 N–H and O–H groups in total. The van der Waals surface area contributed by atoms with Gasteiger partial charge in [0.1, 0.15) is 0 Å². The van der Waals surface area contributed by atoms with E-state index >= 15 is 0 Å². The van der Waals surface area contributed by atoms with Gasteiger partial charge in [0.2, 0.25) is 10.5 Å². The molecule has 1 amide bonds. The maximum Gasteiger partial charge on any atom is 0.285 e. The van der Waals surface area contributed by atoms with Crippen molar-refractivity contribution in [3.63, 3.8) is 0 Å². The minimum absolute atomic E-state index is 0.477. The molecule has 0 saturated heterocycles. The summed E-state index contributed by atoms with van der Waals surface area (Å²) >= 11 is 0. The lowest BCUT2D eigenvalue weighted by Crippen LogP contribution is -2.46. The monoisotopic (exact) mass is 392 g/mol. The van der Waals surface area contributed by atoms with Gasteiger partial charge >= 0.3 is 0 Å². The number of carbonyl (C=O) groups is 1. The standard InChI is InChI=1S/C15H24N2O6S2/c1-10(2)8-12-4-6-13(7-5-12)11(3)15(18)17-24(19,20)14(9-16)25(21,22)23/h4-7,10-11,14H,8-9,16H2,1-3H3,(H,17,18)(H,21,22,23)/t11-,14?/m1/s1. The Morgan fingerprint density at radius 3 is 2.04 bits per heavy atom. The van der Waals surface area contributed by atoms with Crippen LogP contribution < -0.4 is 10.5 Å². The first kappa shape index (κ1) is 21.6. The molecule has 0 saturated carbocycles. The fraction of sp³-hybridized carbons (Fsp3) is 0.533. The number of sulfonamides is 1. The summed E-state index contributed by atoms with van der Waals surface area (Å²) in [6.45, 7) is 4.78. The highest BCUT2D eigenvalue weighted by molar-refractivity contribution is 8.06. The van der Waals surface area contributed by atoms with E-state index in [4.69, 9.17) is 10.3 Å². The van der Waals surface area contributed by atoms with Crippen LogP contribution in [0.4, 0.5) is 0 Å². The van der Waals surface area contributed by atoms with Crippen molar-refractivity contribution in [2.45, 2.75) is 37.7 Å². The Labute approximate surface area is 148 Å². The summed E-state index contributed by atoms with van der Waals surface area (Å²) in [5.74, 6) is -1.26. The summed E-state index contributed by atoms with van der Waals surface area (Å²) in [5.41, 5.74) is 6.77. The second-order valence-electron chi connectivity index (χ2n) is 6.25. The van der Waals surface area contributed by atoms with Crippen LogP contribution >= 0.6 is 0 Å². The van der Waals surface area contributed by atoms with Gasteiger partial charge in [0.05, 0.1) is 5.92 Å². The second-order valence-corrected chi connectivity index (χ2v) is 10.0. The maximum atomic E-state index is 12.2. The number of nitrogens with one attached hydrogen (secondary N) is 1. The average molecular weight is 392 g/mol. The average Bonchev–Trinajstić information content (AvgIpc) is 2.44. The number of nitrogens with two attached hydrogens (primary N) is 1. The molecule has 0 fully saturated rings. The molecule has 0 radical (unpaired) electrons. The highest BCUT2D eigenvalue weighted by atomic mass is 32.3. The third-order valence-corrected chi connectivity index (χ3v) is 7.35. The zero-order valence-corrected chi connectivity index (χ0v) is 16.0. The van der Waals surface area contributed by atoms with Crippen molar-refractivity contribution < 1.29 is 26.2 Å². The van der Waals surface area contributed by atoms with Crippen LogP contribution in [0.15, 0.2) is 24.3 Å². The summed E-state index contributed by atoms with van der Waals surface area (Å²) < 4.78 is 54.5. The lowest BCUT2D eigenvalue weighted by atomic mass is 9.96. The normalized spacial score (nSPS) is 15.0. The molecule has 1 aromatic rings. The molecule has 1 unspecified atom stereocenters. The first-order valence-corrected chi connectivity index (χ1v) is 10.7. The Bertz CT molecular complexity index is 801. The molecule has 10 heteroatoms. The van der Waals surface area contributed by atoms with Crippen molar-refractivity contribution in [1.29, 1.82) is 0 Å². The van der Waals surface area contributed by atoms with Gasteiger partial charge in [-0.3, -0.25) is 14.1 Å². The summed E-state index contributed by atoms with van der Waals surface area (Å²) in [4.78, 5) is 12.2. The molecule has 25 heavy (non-hydrogen) atoms. The highest BCUT2D eigenvalue weighted by Crippen LogP contribution is 2.18. The van der Waals surface area contributed by atoms with E-state index in [1.165, 1.54) is 6.92 Å². The molecular weight excluding hydrogens is 368 g/mol. The predicted octanol–water partition coefficient (Wildman–Crippen LogP) is 0.607. The third kappa shape index (κ3) is 6.07. The fourth-order valence-corrected chi connectivity index (χ4v) is 4.78. The van der Waals surface area contributed by atoms with Crippen molar-refractivity contribution in [2.75, 3.05) is 6.54 Å². The van der Waals surface area contributed by atoms with Crippen LogP contribution in [0.1, 0.15) is 37.8 Å². The Balaban J connectivity index is 2.92. The lowest BCUT2D eigenvalue weighted by molar-refractivity contribution is -0.120. The van der Waals surface area contributed by atoms with E-state index in [0.717, 1.165) is 12.0 Å². The van der Waals surface area contributed by atoms with Crippen LogP contribution in [-0.2, 0) is 31.4 Å². The van der Waals surface area contributed by atoms with Crippen molar-refractivity contribution >= 4 is 26.0 Å². The third-order valence-electron chi connectivity index (χ3n) is 3.63. The number of rotatable bonds is 8. The van der Waals surface area contributed by atoms with E-state index < -0.39 is 43.1 Å². The molecule has 0 spiro atoms. The summed E-state index contributed by atoms with van der Waals surface area (Å²) in [5, 5.41) is 0. The van der Waals surface area contributed by atoms with Gasteiger partial charge in [-0.2, -0.15) is 8.42 Å². The number of hydrogen-bond donors (Lipinski definition) is 3. The van der Waals surface area contributed by atoms with Crippen LogP contribution in [0.25, 0.3) is 0 Å². The molecule has 0 bridgehead atoms. The largest absolute Gasteiger partial charge is 0.328 e. The van der Waals surface area contributed by atoms with Crippen LogP contribution in [0.2, 0.25) is 0 Å². The van der Waals surface area contributed by atoms with Crippen LogP contribution in [0.5, 0.6) is 0 Å².